The van der Waals surface area contributed by atoms with Gasteiger partial charge in [0, 0.05) is 7.11 Å². The predicted octanol–water partition coefficient (Wildman–Crippen LogP) is 0.0325. The summed E-state index contributed by atoms with van der Waals surface area (Å²) in [5, 5.41) is 0. The molecule has 7 heavy (non-hydrogen) atoms. The fourth-order valence-corrected chi connectivity index (χ4v) is 0.274. The molecule has 0 aromatic heterocycles. The van der Waals surface area contributed by atoms with E-state index in [0.717, 1.165) is 13.2 Å². The number of nitrogens with zero attached hydrogens (tertiary/aromatic N) is 1. The molecule has 0 amide bonds. The molecule has 0 unspecified atom stereocenters. The number of likely N-dealkylation sites (N-methyl/N-ethyl adjacent to an activating group) is 1. The zero-order chi connectivity index (χ0) is 5.70. The Morgan fingerprint density at radius 2 is 2.00 bits per heavy atom. The summed E-state index contributed by atoms with van der Waals surface area (Å²) in [6.07, 6.45) is 0. The zero-order valence-corrected chi connectivity index (χ0v) is 5.27. The van der Waals surface area contributed by atoms with Crippen molar-refractivity contribution in [2.45, 2.75) is 0 Å². The van der Waals surface area contributed by atoms with E-state index in [1.54, 1.807) is 7.11 Å². The van der Waals surface area contributed by atoms with Crippen LogP contribution in [0.15, 0.2) is 0 Å². The monoisotopic (exact) mass is 103 g/mol. The minimum Gasteiger partial charge on any atom is -0.379 e. The van der Waals surface area contributed by atoms with Crippen molar-refractivity contribution in [3.05, 3.63) is 0 Å². The Bertz CT molecular complexity index is 37.1. The molecule has 0 fully saturated rings. The van der Waals surface area contributed by atoms with E-state index in [1.165, 1.54) is 0 Å². The van der Waals surface area contributed by atoms with Crippen molar-refractivity contribution in [2.24, 2.45) is 0 Å². The summed E-state index contributed by atoms with van der Waals surface area (Å²) in [5.74, 6) is 0. The first-order valence-electron chi connectivity index (χ1n) is 2.41. The third kappa shape index (κ3) is 5.92. The first kappa shape index (κ1) is 6.92. The molecule has 0 aromatic carbocycles. The molecule has 0 saturated heterocycles. The van der Waals surface area contributed by atoms with Gasteiger partial charge in [0.2, 0.25) is 0 Å². The zero-order valence-electron chi connectivity index (χ0n) is 5.27. The van der Waals surface area contributed by atoms with Crippen LogP contribution in [0.2, 0.25) is 0 Å². The quantitative estimate of drug-likeness (QED) is 0.460. The van der Waals surface area contributed by atoms with Crippen LogP contribution in [0.4, 0.5) is 0 Å². The third-order valence-electron chi connectivity index (χ3n) is 0.743. The first-order valence-corrected chi connectivity index (χ1v) is 2.41. The van der Waals surface area contributed by atoms with Crippen LogP contribution in [0.3, 0.4) is 0 Å². The van der Waals surface area contributed by atoms with Crippen molar-refractivity contribution in [3.63, 3.8) is 0 Å². The van der Waals surface area contributed by atoms with Crippen LogP contribution < -0.4 is 4.90 Å². The molecular weight excluding hydrogens is 90.1 g/mol. The molecule has 2 heteroatoms. The molecule has 0 aliphatic carbocycles. The van der Waals surface area contributed by atoms with Crippen molar-refractivity contribution < 1.29 is 4.74 Å². The molecule has 2 nitrogen and oxygen atoms in total. The highest BCUT2D eigenvalue weighted by Crippen LogP contribution is 1.68. The van der Waals surface area contributed by atoms with Gasteiger partial charge < -0.3 is 4.74 Å². The average Bonchev–Trinajstić information content (AvgIpc) is 1.61. The van der Waals surface area contributed by atoms with Crippen LogP contribution in [-0.4, -0.2) is 34.4 Å². The average molecular weight is 103 g/mol. The van der Waals surface area contributed by atoms with E-state index in [2.05, 4.69) is 4.90 Å². The van der Waals surface area contributed by atoms with E-state index in [-0.39, 0.29) is 0 Å². The molecule has 0 N–H and O–H groups in total. The summed E-state index contributed by atoms with van der Waals surface area (Å²) in [6, 6.07) is 0. The second kappa shape index (κ2) is 4.09. The van der Waals surface area contributed by atoms with Gasteiger partial charge >= 0.3 is 0 Å². The van der Waals surface area contributed by atoms with Gasteiger partial charge in [-0.1, -0.05) is 0 Å². The Morgan fingerprint density at radius 1 is 1.43 bits per heavy atom. The molecule has 0 aliphatic heterocycles. The molecule has 0 saturated carbocycles. The van der Waals surface area contributed by atoms with Crippen molar-refractivity contribution in [2.75, 3.05) is 34.4 Å². The van der Waals surface area contributed by atoms with Gasteiger partial charge in [-0.15, -0.1) is 0 Å². The molecule has 0 rings (SSSR count). The second-order valence-corrected chi connectivity index (χ2v) is 1.80. The van der Waals surface area contributed by atoms with E-state index in [9.17, 15) is 0 Å². The standard InChI is InChI=1S/C5H13NO/c1-6(2)4-5-7-3/h4-5H2,1-3H3/q+1. The Labute approximate surface area is 45.1 Å². The Morgan fingerprint density at radius 3 is 2.14 bits per heavy atom. The van der Waals surface area contributed by atoms with Gasteiger partial charge in [-0.25, -0.2) is 0 Å². The van der Waals surface area contributed by atoms with Crippen LogP contribution in [0, 0.1) is 0 Å². The van der Waals surface area contributed by atoms with Crippen molar-refractivity contribution in [1.29, 1.82) is 0 Å². The molecule has 0 aliphatic rings. The van der Waals surface area contributed by atoms with Crippen LogP contribution in [0.25, 0.3) is 0 Å². The lowest BCUT2D eigenvalue weighted by molar-refractivity contribution is 0.190. The topological polar surface area (TPSA) is 15.1 Å². The molecule has 0 heterocycles. The van der Waals surface area contributed by atoms with Gasteiger partial charge in [-0.05, 0) is 0 Å². The Hall–Kier alpha value is -0.0800. The summed E-state index contributed by atoms with van der Waals surface area (Å²) in [7, 11) is 5.77. The van der Waals surface area contributed by atoms with E-state index >= 15 is 0 Å². The number of ether oxygens (including phenoxy) is 1. The predicted molar refractivity (Wildman–Crippen MR) is 30.7 cm³/mol. The van der Waals surface area contributed by atoms with E-state index < -0.39 is 0 Å². The van der Waals surface area contributed by atoms with E-state index in [4.69, 9.17) is 4.74 Å². The first-order chi connectivity index (χ1) is 3.27. The summed E-state index contributed by atoms with van der Waals surface area (Å²) < 4.78 is 4.81. The highest BCUT2D eigenvalue weighted by molar-refractivity contribution is 4.43. The van der Waals surface area contributed by atoms with Gasteiger partial charge in [0.1, 0.15) is 20.6 Å². The molecule has 0 spiro atoms. The largest absolute Gasteiger partial charge is 0.379 e. The van der Waals surface area contributed by atoms with Crippen molar-refractivity contribution in [3.8, 4) is 0 Å². The fourth-order valence-electron chi connectivity index (χ4n) is 0.274. The van der Waals surface area contributed by atoms with Crippen LogP contribution in [-0.2, 0) is 4.74 Å². The number of methoxy groups -OCH3 is 1. The lowest BCUT2D eigenvalue weighted by atomic mass is 10.6. The van der Waals surface area contributed by atoms with Gasteiger partial charge in [-0.3, -0.25) is 0 Å². The second-order valence-electron chi connectivity index (χ2n) is 1.80. The van der Waals surface area contributed by atoms with Crippen LogP contribution in [0.5, 0.6) is 0 Å². The number of hydrogen-bond donors (Lipinski definition) is 0. The van der Waals surface area contributed by atoms with Crippen molar-refractivity contribution in [1.82, 2.24) is 4.90 Å². The molecule has 1 radical (unpaired) electrons. The smallest absolute Gasteiger partial charge is 0.145 e. The van der Waals surface area contributed by atoms with Crippen LogP contribution in [0.1, 0.15) is 0 Å². The van der Waals surface area contributed by atoms with Gasteiger partial charge in [-0.2, -0.15) is 4.90 Å². The fraction of sp³-hybridized carbons (Fsp3) is 1.00. The molecule has 43 valence electrons. The van der Waals surface area contributed by atoms with Crippen LogP contribution >= 0.6 is 0 Å². The Kier molecular flexibility index (Phi) is 4.04. The number of rotatable bonds is 3. The molecule has 0 aromatic rings. The Balaban J connectivity index is 2.68. The lowest BCUT2D eigenvalue weighted by Crippen LogP contribution is -2.23. The minimum absolute atomic E-state index is 0.826. The number of hydrogen-bond acceptors (Lipinski definition) is 2. The SMILES string of the molecule is COCC[N+](C)C. The van der Waals surface area contributed by atoms with Gasteiger partial charge in [0.05, 0.1) is 6.61 Å². The maximum Gasteiger partial charge on any atom is 0.145 e. The highest BCUT2D eigenvalue weighted by Gasteiger charge is 1.93. The molecule has 0 bridgehead atoms. The molecular formula is C5H13NO+. The lowest BCUT2D eigenvalue weighted by Gasteiger charge is -1.96. The van der Waals surface area contributed by atoms with Gasteiger partial charge in [0.25, 0.3) is 0 Å². The minimum atomic E-state index is 0.826. The normalized spacial score (nSPS) is 10.3. The third-order valence-corrected chi connectivity index (χ3v) is 0.743. The van der Waals surface area contributed by atoms with E-state index in [0.29, 0.717) is 0 Å². The summed E-state index contributed by atoms with van der Waals surface area (Å²) in [5.41, 5.74) is 0. The maximum absolute atomic E-state index is 4.81. The summed E-state index contributed by atoms with van der Waals surface area (Å²) in [4.78, 5) is 2.09. The van der Waals surface area contributed by atoms with Crippen molar-refractivity contribution >= 4 is 0 Å². The summed E-state index contributed by atoms with van der Waals surface area (Å²) >= 11 is 0. The van der Waals surface area contributed by atoms with E-state index in [1.807, 2.05) is 14.1 Å². The highest BCUT2D eigenvalue weighted by atomic mass is 16.5. The van der Waals surface area contributed by atoms with Gasteiger partial charge in [0.15, 0.2) is 0 Å². The maximum atomic E-state index is 4.81. The summed E-state index contributed by atoms with van der Waals surface area (Å²) in [6.45, 7) is 1.84. The molecule has 0 atom stereocenters.